The van der Waals surface area contributed by atoms with Gasteiger partial charge in [-0.15, -0.1) is 0 Å². The Morgan fingerprint density at radius 1 is 1.15 bits per heavy atom. The minimum Gasteiger partial charge on any atom is -0.391 e. The molecule has 1 atom stereocenters. The molecule has 0 bridgehead atoms. The first-order valence-electron chi connectivity index (χ1n) is 13.1. The summed E-state index contributed by atoms with van der Waals surface area (Å²) in [6.45, 7) is 2.80. The van der Waals surface area contributed by atoms with Crippen molar-refractivity contribution in [1.82, 2.24) is 29.2 Å². The first kappa shape index (κ1) is 26.5. The lowest BCUT2D eigenvalue weighted by molar-refractivity contribution is 0.0753. The third kappa shape index (κ3) is 4.90. The molecule has 41 heavy (non-hydrogen) atoms. The number of aliphatic hydroxyl groups is 1. The molecule has 1 amide bonds. The van der Waals surface area contributed by atoms with E-state index >= 15 is 0 Å². The van der Waals surface area contributed by atoms with Crippen LogP contribution in [0, 0.1) is 17.1 Å². The number of pyridine rings is 1. The molecule has 1 aliphatic heterocycles. The second-order valence-corrected chi connectivity index (χ2v) is 10.7. The number of hydrogen-bond donors (Lipinski definition) is 1. The van der Waals surface area contributed by atoms with Crippen molar-refractivity contribution in [3.05, 3.63) is 77.2 Å². The number of fused-ring (bicyclic) bond motifs is 1. The molecular weight excluding hydrogens is 543 g/mol. The van der Waals surface area contributed by atoms with E-state index in [4.69, 9.17) is 9.97 Å². The van der Waals surface area contributed by atoms with Gasteiger partial charge in [0.25, 0.3) is 5.91 Å². The van der Waals surface area contributed by atoms with Crippen LogP contribution in [0.25, 0.3) is 28.0 Å². The summed E-state index contributed by atoms with van der Waals surface area (Å²) in [5, 5.41) is 20.1. The summed E-state index contributed by atoms with van der Waals surface area (Å²) in [6.07, 6.45) is 5.88. The Bertz CT molecular complexity index is 1790. The molecule has 10 nitrogen and oxygen atoms in total. The van der Waals surface area contributed by atoms with Crippen LogP contribution in [0.1, 0.15) is 34.5 Å². The highest BCUT2D eigenvalue weighted by atomic mass is 32.1. The van der Waals surface area contributed by atoms with Crippen molar-refractivity contribution in [1.29, 1.82) is 5.26 Å². The molecule has 1 saturated heterocycles. The number of rotatable bonds is 6. The molecule has 0 unspecified atom stereocenters. The zero-order valence-corrected chi connectivity index (χ0v) is 23.1. The van der Waals surface area contributed by atoms with Gasteiger partial charge >= 0.3 is 0 Å². The first-order chi connectivity index (χ1) is 19.9. The number of likely N-dealkylation sites (tertiary alicyclic amines) is 1. The smallest absolute Gasteiger partial charge is 0.291 e. The van der Waals surface area contributed by atoms with Crippen molar-refractivity contribution in [2.75, 3.05) is 25.0 Å². The molecule has 1 fully saturated rings. The van der Waals surface area contributed by atoms with Crippen LogP contribution in [0.5, 0.6) is 0 Å². The highest BCUT2D eigenvalue weighted by Crippen LogP contribution is 2.37. The van der Waals surface area contributed by atoms with E-state index in [0.717, 1.165) is 28.3 Å². The second kappa shape index (κ2) is 10.7. The number of anilines is 2. The summed E-state index contributed by atoms with van der Waals surface area (Å²) < 4.78 is 15.5. The normalized spacial score (nSPS) is 14.9. The number of nitriles is 1. The highest BCUT2D eigenvalue weighted by Gasteiger charge is 2.27. The van der Waals surface area contributed by atoms with Gasteiger partial charge in [-0.3, -0.25) is 9.20 Å². The largest absolute Gasteiger partial charge is 0.391 e. The van der Waals surface area contributed by atoms with Gasteiger partial charge < -0.3 is 14.9 Å². The van der Waals surface area contributed by atoms with E-state index in [0.29, 0.717) is 40.7 Å². The maximum absolute atomic E-state index is 13.5. The van der Waals surface area contributed by atoms with Crippen LogP contribution in [-0.2, 0) is 6.42 Å². The standard InChI is InChI=1S/C29H25FN8O2S/c1-3-22-27(36(2)29-35-25(23(12-31)41-29)17-4-7-20(30)8-5-17)38-15-18(6-9-24(38)34-22)19-13-32-26(33-14-19)28(40)37-11-10-21(39)16-37/h4-9,13-15,21,39H,3,10-11,16H2,1-2H3/t21-/m1/s1. The van der Waals surface area contributed by atoms with Crippen LogP contribution >= 0.6 is 11.3 Å². The minimum atomic E-state index is -0.508. The Labute approximate surface area is 239 Å². The number of aromatic nitrogens is 5. The van der Waals surface area contributed by atoms with Crippen LogP contribution in [0.3, 0.4) is 0 Å². The lowest BCUT2D eigenvalue weighted by atomic mass is 10.1. The van der Waals surface area contributed by atoms with Crippen molar-refractivity contribution < 1.29 is 14.3 Å². The molecule has 6 rings (SSSR count). The number of thiazole rings is 1. The molecule has 1 aromatic carbocycles. The van der Waals surface area contributed by atoms with Crippen LogP contribution in [-0.4, -0.2) is 66.5 Å². The summed E-state index contributed by atoms with van der Waals surface area (Å²) in [4.78, 5) is 34.8. The van der Waals surface area contributed by atoms with Crippen LogP contribution in [0.2, 0.25) is 0 Å². The molecule has 5 heterocycles. The number of aryl methyl sites for hydroxylation is 1. The second-order valence-electron chi connectivity index (χ2n) is 9.72. The molecule has 1 N–H and O–H groups in total. The summed E-state index contributed by atoms with van der Waals surface area (Å²) in [6, 6.07) is 12.0. The molecule has 0 radical (unpaired) electrons. The van der Waals surface area contributed by atoms with Gasteiger partial charge in [0.1, 0.15) is 33.9 Å². The maximum atomic E-state index is 13.5. The first-order valence-corrected chi connectivity index (χ1v) is 13.9. The number of carbonyl (C=O) groups is 1. The van der Waals surface area contributed by atoms with E-state index in [1.165, 1.54) is 23.5 Å². The Morgan fingerprint density at radius 3 is 2.54 bits per heavy atom. The number of benzene rings is 1. The van der Waals surface area contributed by atoms with E-state index in [-0.39, 0.29) is 24.1 Å². The SMILES string of the molecule is CCc1nc2ccc(-c3cnc(C(=O)N4CC[C@@H](O)C4)nc3)cn2c1N(C)c1nc(-c2ccc(F)cc2)c(C#N)s1. The Kier molecular flexibility index (Phi) is 6.90. The molecule has 5 aromatic rings. The van der Waals surface area contributed by atoms with Gasteiger partial charge in [-0.1, -0.05) is 18.3 Å². The van der Waals surface area contributed by atoms with Gasteiger partial charge in [0.05, 0.1) is 11.8 Å². The molecule has 0 aliphatic carbocycles. The predicted molar refractivity (Wildman–Crippen MR) is 152 cm³/mol. The molecule has 206 valence electrons. The zero-order chi connectivity index (χ0) is 28.7. The Balaban J connectivity index is 1.35. The minimum absolute atomic E-state index is 0.0919. The fraction of sp³-hybridized carbons (Fsp3) is 0.241. The summed E-state index contributed by atoms with van der Waals surface area (Å²) in [7, 11) is 1.88. The number of amides is 1. The summed E-state index contributed by atoms with van der Waals surface area (Å²) in [5.74, 6) is 0.240. The number of nitrogens with zero attached hydrogens (tertiary/aromatic N) is 8. The lowest BCUT2D eigenvalue weighted by Gasteiger charge is -2.17. The molecule has 1 aliphatic rings. The Morgan fingerprint density at radius 2 is 1.88 bits per heavy atom. The Hall–Kier alpha value is -4.73. The van der Waals surface area contributed by atoms with Crippen molar-refractivity contribution in [3.63, 3.8) is 0 Å². The third-order valence-electron chi connectivity index (χ3n) is 7.06. The summed E-state index contributed by atoms with van der Waals surface area (Å²) in [5.41, 5.74) is 4.31. The van der Waals surface area contributed by atoms with Gasteiger partial charge in [-0.05, 0) is 49.2 Å². The topological polar surface area (TPSA) is 124 Å². The van der Waals surface area contributed by atoms with Crippen LogP contribution < -0.4 is 4.90 Å². The van der Waals surface area contributed by atoms with Gasteiger partial charge in [-0.2, -0.15) is 5.26 Å². The van der Waals surface area contributed by atoms with E-state index in [1.54, 1.807) is 29.4 Å². The fourth-order valence-corrected chi connectivity index (χ4v) is 5.77. The number of hydrogen-bond acceptors (Lipinski definition) is 9. The van der Waals surface area contributed by atoms with Crippen molar-refractivity contribution in [2.24, 2.45) is 0 Å². The van der Waals surface area contributed by atoms with E-state index in [2.05, 4.69) is 16.0 Å². The van der Waals surface area contributed by atoms with Crippen LogP contribution in [0.4, 0.5) is 15.3 Å². The van der Waals surface area contributed by atoms with Gasteiger partial charge in [0, 0.05) is 55.4 Å². The molecule has 0 saturated carbocycles. The average Bonchev–Trinajstić information content (AvgIpc) is 3.73. The quantitative estimate of drug-likeness (QED) is 0.318. The number of halogens is 1. The monoisotopic (exact) mass is 568 g/mol. The van der Waals surface area contributed by atoms with E-state index in [1.807, 2.05) is 41.6 Å². The number of imidazole rings is 1. The van der Waals surface area contributed by atoms with Crippen molar-refractivity contribution in [2.45, 2.75) is 25.9 Å². The van der Waals surface area contributed by atoms with E-state index in [9.17, 15) is 19.6 Å². The van der Waals surface area contributed by atoms with Crippen LogP contribution in [0.15, 0.2) is 55.0 Å². The van der Waals surface area contributed by atoms with Crippen molar-refractivity contribution >= 4 is 33.8 Å². The zero-order valence-electron chi connectivity index (χ0n) is 22.3. The van der Waals surface area contributed by atoms with Gasteiger partial charge in [-0.25, -0.2) is 24.3 Å². The van der Waals surface area contributed by atoms with Crippen molar-refractivity contribution in [3.8, 4) is 28.5 Å². The molecular formula is C29H25FN8O2S. The number of β-amino-alcohol motifs (C(OH)–C–C–N with tert-alkyl or cyclic N) is 1. The molecule has 4 aromatic heterocycles. The number of carbonyl (C=O) groups excluding carboxylic acids is 1. The lowest BCUT2D eigenvalue weighted by Crippen LogP contribution is -2.30. The third-order valence-corrected chi connectivity index (χ3v) is 8.10. The molecule has 12 heteroatoms. The average molecular weight is 569 g/mol. The highest BCUT2D eigenvalue weighted by molar-refractivity contribution is 7.16. The maximum Gasteiger partial charge on any atom is 0.291 e. The van der Waals surface area contributed by atoms with Gasteiger partial charge in [0.15, 0.2) is 5.13 Å². The molecule has 0 spiro atoms. The number of aliphatic hydroxyl groups excluding tert-OH is 1. The van der Waals surface area contributed by atoms with E-state index < -0.39 is 6.10 Å². The predicted octanol–water partition coefficient (Wildman–Crippen LogP) is 4.46. The van der Waals surface area contributed by atoms with Gasteiger partial charge in [0.2, 0.25) is 5.82 Å². The summed E-state index contributed by atoms with van der Waals surface area (Å²) >= 11 is 1.26. The fourth-order valence-electron chi connectivity index (χ4n) is 4.92.